The van der Waals surface area contributed by atoms with E-state index in [0.717, 1.165) is 21.0 Å². The number of aromatic nitrogens is 5. The van der Waals surface area contributed by atoms with Crippen LogP contribution in [0.15, 0.2) is 62.9 Å². The minimum atomic E-state index is -3.24. The van der Waals surface area contributed by atoms with Crippen LogP contribution in [0.2, 0.25) is 0 Å². The number of benzene rings is 2. The van der Waals surface area contributed by atoms with Crippen LogP contribution in [0.25, 0.3) is 10.2 Å². The van der Waals surface area contributed by atoms with E-state index in [4.69, 9.17) is 0 Å². The van der Waals surface area contributed by atoms with Crippen molar-refractivity contribution >= 4 is 43.2 Å². The van der Waals surface area contributed by atoms with Crippen molar-refractivity contribution < 1.29 is 8.42 Å². The minimum Gasteiger partial charge on any atom is -0.229 e. The molecule has 0 fully saturated rings. The van der Waals surface area contributed by atoms with Crippen molar-refractivity contribution in [3.8, 4) is 0 Å². The number of nitrogens with zero attached hydrogens (tertiary/aromatic N) is 5. The quantitative estimate of drug-likeness (QED) is 0.476. The lowest BCUT2D eigenvalue weighted by molar-refractivity contribution is 0.519. The molecule has 138 valence electrons. The van der Waals surface area contributed by atoms with Crippen molar-refractivity contribution in [2.24, 2.45) is 0 Å². The average Bonchev–Trinajstić information content (AvgIpc) is 3.25. The number of sulfone groups is 1. The van der Waals surface area contributed by atoms with Gasteiger partial charge in [-0.2, -0.15) is 4.80 Å². The summed E-state index contributed by atoms with van der Waals surface area (Å²) < 4.78 is 24.9. The minimum absolute atomic E-state index is 0.292. The van der Waals surface area contributed by atoms with Crippen LogP contribution in [0.5, 0.6) is 0 Å². The van der Waals surface area contributed by atoms with E-state index in [-0.39, 0.29) is 0 Å². The molecule has 0 N–H and O–H groups in total. The van der Waals surface area contributed by atoms with Gasteiger partial charge in [-0.1, -0.05) is 30.3 Å². The second kappa shape index (κ2) is 7.37. The van der Waals surface area contributed by atoms with E-state index < -0.39 is 9.84 Å². The Labute approximate surface area is 164 Å². The van der Waals surface area contributed by atoms with Crippen molar-refractivity contribution in [3.63, 3.8) is 0 Å². The molecule has 2 aromatic heterocycles. The van der Waals surface area contributed by atoms with Gasteiger partial charge >= 0.3 is 0 Å². The highest BCUT2D eigenvalue weighted by Crippen LogP contribution is 2.33. The Morgan fingerprint density at radius 1 is 1.15 bits per heavy atom. The van der Waals surface area contributed by atoms with Gasteiger partial charge in [0.25, 0.3) is 0 Å². The molecule has 0 unspecified atom stereocenters. The Morgan fingerprint density at radius 3 is 2.74 bits per heavy atom. The van der Waals surface area contributed by atoms with Crippen molar-refractivity contribution in [2.45, 2.75) is 27.4 Å². The summed E-state index contributed by atoms with van der Waals surface area (Å²) in [7, 11) is -3.24. The average molecular weight is 418 g/mol. The Balaban J connectivity index is 1.47. The fourth-order valence-electron chi connectivity index (χ4n) is 2.47. The van der Waals surface area contributed by atoms with Gasteiger partial charge in [0, 0.05) is 6.26 Å². The standard InChI is InChI=1S/C17H15N5O2S3/c1-27(23,24)13-7-8-14-15(11-13)25-17(18-14)26-16-19-21-22(20-16)10-9-12-5-3-2-4-6-12/h2-8,11H,9-10H2,1H3. The molecule has 0 spiro atoms. The highest BCUT2D eigenvalue weighted by Gasteiger charge is 2.13. The molecule has 0 aliphatic carbocycles. The molecule has 4 aromatic rings. The molecule has 0 aliphatic rings. The molecule has 10 heteroatoms. The van der Waals surface area contributed by atoms with E-state index >= 15 is 0 Å². The Hall–Kier alpha value is -2.30. The lowest BCUT2D eigenvalue weighted by atomic mass is 10.2. The maximum atomic E-state index is 11.7. The molecule has 0 aliphatic heterocycles. The molecule has 0 saturated carbocycles. The van der Waals surface area contributed by atoms with Crippen molar-refractivity contribution in [3.05, 3.63) is 54.1 Å². The Bertz CT molecular complexity index is 1190. The van der Waals surface area contributed by atoms with E-state index in [1.807, 2.05) is 18.2 Å². The molecule has 7 nitrogen and oxygen atoms in total. The molecule has 2 aromatic carbocycles. The monoisotopic (exact) mass is 417 g/mol. The van der Waals surface area contributed by atoms with E-state index in [2.05, 4.69) is 32.5 Å². The van der Waals surface area contributed by atoms with E-state index in [0.29, 0.717) is 16.6 Å². The number of rotatable bonds is 6. The van der Waals surface area contributed by atoms with Gasteiger partial charge in [0.15, 0.2) is 14.2 Å². The highest BCUT2D eigenvalue weighted by atomic mass is 32.2. The first-order valence-electron chi connectivity index (χ1n) is 8.08. The SMILES string of the molecule is CS(=O)(=O)c1ccc2nc(Sc3nnn(CCc4ccccc4)n3)sc2c1. The first-order valence-corrected chi connectivity index (χ1v) is 11.6. The summed E-state index contributed by atoms with van der Waals surface area (Å²) in [5.74, 6) is 0. The van der Waals surface area contributed by atoms with Gasteiger partial charge in [0.1, 0.15) is 0 Å². The Kier molecular flexibility index (Phi) is 4.94. The van der Waals surface area contributed by atoms with Crippen LogP contribution in [0.3, 0.4) is 0 Å². The van der Waals surface area contributed by atoms with Crippen LogP contribution in [0.1, 0.15) is 5.56 Å². The number of hydrogen-bond acceptors (Lipinski definition) is 8. The number of aryl methyl sites for hydroxylation is 2. The van der Waals surface area contributed by atoms with Gasteiger partial charge in [-0.3, -0.25) is 0 Å². The molecule has 4 rings (SSSR count). The molecule has 0 saturated heterocycles. The molecular weight excluding hydrogens is 402 g/mol. The molecule has 0 amide bonds. The lowest BCUT2D eigenvalue weighted by Gasteiger charge is -1.98. The predicted octanol–water partition coefficient (Wildman–Crippen LogP) is 3.08. The van der Waals surface area contributed by atoms with Crippen molar-refractivity contribution in [1.29, 1.82) is 0 Å². The van der Waals surface area contributed by atoms with Crippen molar-refractivity contribution in [1.82, 2.24) is 25.2 Å². The topological polar surface area (TPSA) is 90.6 Å². The van der Waals surface area contributed by atoms with Crippen LogP contribution >= 0.6 is 23.1 Å². The number of fused-ring (bicyclic) bond motifs is 1. The summed E-state index contributed by atoms with van der Waals surface area (Å²) in [6.07, 6.45) is 2.03. The van der Waals surface area contributed by atoms with E-state index in [1.165, 1.54) is 34.9 Å². The number of hydrogen-bond donors (Lipinski definition) is 0. The Morgan fingerprint density at radius 2 is 1.96 bits per heavy atom. The zero-order valence-electron chi connectivity index (χ0n) is 14.3. The summed E-state index contributed by atoms with van der Waals surface area (Å²) in [6.45, 7) is 0.648. The summed E-state index contributed by atoms with van der Waals surface area (Å²) >= 11 is 2.73. The zero-order chi connectivity index (χ0) is 18.9. The lowest BCUT2D eigenvalue weighted by Crippen LogP contribution is -2.05. The van der Waals surface area contributed by atoms with Gasteiger partial charge < -0.3 is 0 Å². The van der Waals surface area contributed by atoms with Crippen LogP contribution in [-0.4, -0.2) is 39.9 Å². The zero-order valence-corrected chi connectivity index (χ0v) is 16.8. The van der Waals surface area contributed by atoms with E-state index in [9.17, 15) is 8.42 Å². The largest absolute Gasteiger partial charge is 0.238 e. The van der Waals surface area contributed by atoms with Gasteiger partial charge in [-0.25, -0.2) is 13.4 Å². The second-order valence-electron chi connectivity index (χ2n) is 5.89. The van der Waals surface area contributed by atoms with Gasteiger partial charge in [-0.15, -0.1) is 21.5 Å². The van der Waals surface area contributed by atoms with E-state index in [1.54, 1.807) is 23.0 Å². The summed E-state index contributed by atoms with van der Waals surface area (Å²) in [4.78, 5) is 6.37. The predicted molar refractivity (Wildman–Crippen MR) is 105 cm³/mol. The summed E-state index contributed by atoms with van der Waals surface area (Å²) in [6, 6.07) is 15.1. The molecule has 0 atom stereocenters. The van der Waals surface area contributed by atoms with Crippen LogP contribution in [0.4, 0.5) is 0 Å². The third-order valence-electron chi connectivity index (χ3n) is 3.82. The molecular formula is C17H15N5O2S3. The number of thiazole rings is 1. The molecule has 0 radical (unpaired) electrons. The van der Waals surface area contributed by atoms with Crippen molar-refractivity contribution in [2.75, 3.05) is 6.26 Å². The normalized spacial score (nSPS) is 11.9. The third-order valence-corrected chi connectivity index (χ3v) is 6.86. The highest BCUT2D eigenvalue weighted by molar-refractivity contribution is 8.01. The van der Waals surface area contributed by atoms with Gasteiger partial charge in [0.2, 0.25) is 5.16 Å². The third kappa shape index (κ3) is 4.34. The summed E-state index contributed by atoms with van der Waals surface area (Å²) in [5, 5.41) is 13.0. The molecule has 2 heterocycles. The smallest absolute Gasteiger partial charge is 0.229 e. The summed E-state index contributed by atoms with van der Waals surface area (Å²) in [5.41, 5.74) is 1.98. The fraction of sp³-hybridized carbons (Fsp3) is 0.176. The first kappa shape index (κ1) is 18.1. The maximum Gasteiger partial charge on any atom is 0.238 e. The van der Waals surface area contributed by atoms with Gasteiger partial charge in [0.05, 0.1) is 21.7 Å². The molecule has 0 bridgehead atoms. The second-order valence-corrected chi connectivity index (χ2v) is 10.1. The van der Waals surface area contributed by atoms with Crippen LogP contribution < -0.4 is 0 Å². The van der Waals surface area contributed by atoms with Gasteiger partial charge in [-0.05, 0) is 47.2 Å². The van der Waals surface area contributed by atoms with Crippen LogP contribution in [-0.2, 0) is 22.8 Å². The fourth-order valence-corrected chi connectivity index (χ4v) is 5.10. The number of tetrazole rings is 1. The molecule has 27 heavy (non-hydrogen) atoms. The van der Waals surface area contributed by atoms with Crippen LogP contribution in [0, 0.1) is 0 Å². The maximum absolute atomic E-state index is 11.7. The first-order chi connectivity index (χ1) is 13.0.